The lowest BCUT2D eigenvalue weighted by Crippen LogP contribution is -2.29. The Morgan fingerprint density at radius 1 is 0.902 bits per heavy atom. The van der Waals surface area contributed by atoms with Crippen molar-refractivity contribution in [1.82, 2.24) is 0 Å². The molecule has 1 saturated heterocycles. The van der Waals surface area contributed by atoms with E-state index in [1.807, 2.05) is 92.7 Å². The normalized spacial score (nSPS) is 14.9. The highest BCUT2D eigenvalue weighted by atomic mass is 32.2. The van der Waals surface area contributed by atoms with Crippen molar-refractivity contribution in [3.8, 4) is 11.5 Å². The van der Waals surface area contributed by atoms with Crippen LogP contribution in [0.5, 0.6) is 11.5 Å². The van der Waals surface area contributed by atoms with E-state index in [0.717, 1.165) is 28.1 Å². The Kier molecular flexibility index (Phi) is 8.50. The zero-order chi connectivity index (χ0) is 28.8. The van der Waals surface area contributed by atoms with Crippen LogP contribution in [0.15, 0.2) is 107 Å². The van der Waals surface area contributed by atoms with E-state index in [9.17, 15) is 9.59 Å². The summed E-state index contributed by atoms with van der Waals surface area (Å²) in [5.41, 5.74) is 5.03. The molecule has 0 atom stereocenters. The maximum Gasteiger partial charge on any atom is 0.271 e. The lowest BCUT2D eigenvalue weighted by molar-refractivity contribution is -0.118. The molecule has 0 radical (unpaired) electrons. The van der Waals surface area contributed by atoms with Crippen molar-refractivity contribution in [2.45, 2.75) is 13.8 Å². The highest BCUT2D eigenvalue weighted by molar-refractivity contribution is 8.19. The van der Waals surface area contributed by atoms with Gasteiger partial charge in [0.1, 0.15) is 0 Å². The summed E-state index contributed by atoms with van der Waals surface area (Å²) < 4.78 is 11.3. The van der Waals surface area contributed by atoms with Crippen LogP contribution >= 0.6 is 11.8 Å². The molecule has 7 nitrogen and oxygen atoms in total. The first-order chi connectivity index (χ1) is 19.9. The summed E-state index contributed by atoms with van der Waals surface area (Å²) in [5, 5.41) is 3.37. The number of para-hydroxylation sites is 3. The molecule has 0 aliphatic carbocycles. The van der Waals surface area contributed by atoms with Crippen LogP contribution < -0.4 is 19.7 Å². The zero-order valence-electron chi connectivity index (χ0n) is 23.0. The second kappa shape index (κ2) is 12.6. The molecule has 1 fully saturated rings. The number of amidine groups is 1. The molecule has 2 amide bonds. The highest BCUT2D eigenvalue weighted by Gasteiger charge is 2.35. The van der Waals surface area contributed by atoms with E-state index in [4.69, 9.17) is 14.5 Å². The van der Waals surface area contributed by atoms with Crippen LogP contribution in [0.25, 0.3) is 6.08 Å². The van der Waals surface area contributed by atoms with Crippen LogP contribution in [0.4, 0.5) is 17.1 Å². The van der Waals surface area contributed by atoms with Gasteiger partial charge in [0.2, 0.25) is 0 Å². The number of aryl methyl sites for hydroxylation is 2. The van der Waals surface area contributed by atoms with Crippen LogP contribution in [0, 0.1) is 13.8 Å². The SMILES string of the molecule is COc1cc(C=C2SC(=Nc3ccccc3C)N(c3ccccc3C)C2=O)ccc1OCC(=O)Nc1ccccc1. The standard InChI is InChI=1S/C33H29N3O4S/c1-22-11-7-9-15-26(22)35-33-36(27-16-10-8-12-23(27)2)32(38)30(41-33)20-24-17-18-28(29(19-24)39-3)40-21-31(37)34-25-13-5-4-6-14-25/h4-20H,21H2,1-3H3,(H,34,37). The van der Waals surface area contributed by atoms with Crippen molar-refractivity contribution in [3.05, 3.63) is 119 Å². The van der Waals surface area contributed by atoms with Crippen LogP contribution in [-0.4, -0.2) is 30.7 Å². The van der Waals surface area contributed by atoms with E-state index >= 15 is 0 Å². The van der Waals surface area contributed by atoms with Crippen molar-refractivity contribution >= 4 is 51.9 Å². The van der Waals surface area contributed by atoms with Gasteiger partial charge in [-0.15, -0.1) is 0 Å². The maximum absolute atomic E-state index is 13.8. The molecule has 0 bridgehead atoms. The molecule has 5 rings (SSSR count). The number of anilines is 2. The van der Waals surface area contributed by atoms with Gasteiger partial charge in [0.15, 0.2) is 23.3 Å². The van der Waals surface area contributed by atoms with Gasteiger partial charge in [0, 0.05) is 5.69 Å². The number of thioether (sulfide) groups is 1. The first-order valence-electron chi connectivity index (χ1n) is 13.0. The van der Waals surface area contributed by atoms with Crippen LogP contribution in [0.2, 0.25) is 0 Å². The number of carbonyl (C=O) groups is 2. The van der Waals surface area contributed by atoms with Crippen LogP contribution in [0.3, 0.4) is 0 Å². The van der Waals surface area contributed by atoms with Gasteiger partial charge in [-0.3, -0.25) is 14.5 Å². The smallest absolute Gasteiger partial charge is 0.271 e. The summed E-state index contributed by atoms with van der Waals surface area (Å²) in [4.78, 5) is 33.2. The van der Waals surface area contributed by atoms with Crippen LogP contribution in [-0.2, 0) is 9.59 Å². The second-order valence-corrected chi connectivity index (χ2v) is 10.3. The lowest BCUT2D eigenvalue weighted by atomic mass is 10.1. The van der Waals surface area contributed by atoms with Gasteiger partial charge in [0.05, 0.1) is 23.4 Å². The number of ether oxygens (including phenoxy) is 2. The van der Waals surface area contributed by atoms with E-state index in [2.05, 4.69) is 5.32 Å². The number of benzene rings is 4. The second-order valence-electron chi connectivity index (χ2n) is 9.33. The molecular formula is C33H29N3O4S. The zero-order valence-corrected chi connectivity index (χ0v) is 23.8. The minimum Gasteiger partial charge on any atom is -0.493 e. The molecule has 41 heavy (non-hydrogen) atoms. The fourth-order valence-corrected chi connectivity index (χ4v) is 5.26. The molecule has 1 heterocycles. The fourth-order valence-electron chi connectivity index (χ4n) is 4.27. The predicted octanol–water partition coefficient (Wildman–Crippen LogP) is 7.14. The number of carbonyl (C=O) groups excluding carboxylic acids is 2. The lowest BCUT2D eigenvalue weighted by Gasteiger charge is -2.18. The maximum atomic E-state index is 13.8. The van der Waals surface area contributed by atoms with Crippen molar-refractivity contribution in [2.75, 3.05) is 23.9 Å². The fraction of sp³-hybridized carbons (Fsp3) is 0.121. The summed E-state index contributed by atoms with van der Waals surface area (Å²) in [7, 11) is 1.53. The third-order valence-electron chi connectivity index (χ3n) is 6.40. The minimum atomic E-state index is -0.283. The van der Waals surface area contributed by atoms with Crippen LogP contribution in [0.1, 0.15) is 16.7 Å². The van der Waals surface area contributed by atoms with Gasteiger partial charge >= 0.3 is 0 Å². The largest absolute Gasteiger partial charge is 0.493 e. The molecule has 0 unspecified atom stereocenters. The Morgan fingerprint density at radius 2 is 1.61 bits per heavy atom. The van der Waals surface area contributed by atoms with Crippen molar-refractivity contribution < 1.29 is 19.1 Å². The number of hydrogen-bond donors (Lipinski definition) is 1. The van der Waals surface area contributed by atoms with E-state index < -0.39 is 0 Å². The van der Waals surface area contributed by atoms with Crippen molar-refractivity contribution in [3.63, 3.8) is 0 Å². The molecule has 8 heteroatoms. The van der Waals surface area contributed by atoms with Gasteiger partial charge in [0.25, 0.3) is 11.8 Å². The number of nitrogens with zero attached hydrogens (tertiary/aromatic N) is 2. The molecule has 206 valence electrons. The quantitative estimate of drug-likeness (QED) is 0.231. The summed E-state index contributed by atoms with van der Waals surface area (Å²) in [6, 6.07) is 30.1. The monoisotopic (exact) mass is 563 g/mol. The van der Waals surface area contributed by atoms with Gasteiger partial charge in [-0.05, 0) is 84.8 Å². The topological polar surface area (TPSA) is 80.2 Å². The van der Waals surface area contributed by atoms with E-state index in [-0.39, 0.29) is 18.4 Å². The first kappa shape index (κ1) is 27.7. The Hall–Kier alpha value is -4.82. The number of rotatable bonds is 8. The average molecular weight is 564 g/mol. The predicted molar refractivity (Wildman–Crippen MR) is 166 cm³/mol. The van der Waals surface area contributed by atoms with Gasteiger partial charge < -0.3 is 14.8 Å². The Balaban J connectivity index is 1.40. The molecule has 1 aliphatic heterocycles. The van der Waals surface area contributed by atoms with Gasteiger partial charge in [-0.2, -0.15) is 0 Å². The average Bonchev–Trinajstić information content (AvgIpc) is 3.28. The molecule has 0 spiro atoms. The first-order valence-corrected chi connectivity index (χ1v) is 13.8. The summed E-state index contributed by atoms with van der Waals surface area (Å²) in [5.74, 6) is 0.432. The molecular weight excluding hydrogens is 534 g/mol. The molecule has 1 N–H and O–H groups in total. The number of nitrogens with one attached hydrogen (secondary N) is 1. The summed E-state index contributed by atoms with van der Waals surface area (Å²) in [6.07, 6.45) is 1.81. The third-order valence-corrected chi connectivity index (χ3v) is 7.36. The number of aliphatic imine (C=N–C) groups is 1. The van der Waals surface area contributed by atoms with Gasteiger partial charge in [-0.25, -0.2) is 4.99 Å². The molecule has 0 saturated carbocycles. The van der Waals surface area contributed by atoms with Gasteiger partial charge in [-0.1, -0.05) is 60.7 Å². The summed E-state index contributed by atoms with van der Waals surface area (Å²) in [6.45, 7) is 3.80. The Bertz CT molecular complexity index is 1650. The minimum absolute atomic E-state index is 0.159. The van der Waals surface area contributed by atoms with Crippen molar-refractivity contribution in [2.24, 2.45) is 4.99 Å². The number of hydrogen-bond acceptors (Lipinski definition) is 6. The highest BCUT2D eigenvalue weighted by Crippen LogP contribution is 2.39. The van der Waals surface area contributed by atoms with Crippen molar-refractivity contribution in [1.29, 1.82) is 0 Å². The molecule has 4 aromatic carbocycles. The molecule has 0 aromatic heterocycles. The molecule has 4 aromatic rings. The summed E-state index contributed by atoms with van der Waals surface area (Å²) >= 11 is 1.32. The van der Waals surface area contributed by atoms with E-state index in [1.165, 1.54) is 18.9 Å². The Labute approximate surface area is 243 Å². The molecule has 1 aliphatic rings. The number of amides is 2. The Morgan fingerprint density at radius 3 is 2.34 bits per heavy atom. The number of methoxy groups -OCH3 is 1. The third kappa shape index (κ3) is 6.50. The van der Waals surface area contributed by atoms with E-state index in [0.29, 0.717) is 27.3 Å². The van der Waals surface area contributed by atoms with E-state index in [1.54, 1.807) is 29.2 Å².